The summed E-state index contributed by atoms with van der Waals surface area (Å²) in [5.41, 5.74) is 0.0360. The third-order valence-electron chi connectivity index (χ3n) is 2.06. The molecule has 1 heterocycles. The molecule has 0 bridgehead atoms. The highest BCUT2D eigenvalue weighted by atomic mass is 16.3. The van der Waals surface area contributed by atoms with Gasteiger partial charge in [-0.15, -0.1) is 0 Å². The average Bonchev–Trinajstić information content (AvgIpc) is 2.29. The summed E-state index contributed by atoms with van der Waals surface area (Å²) in [6.07, 6.45) is 1.31. The second kappa shape index (κ2) is 6.04. The Morgan fingerprint density at radius 1 is 1.25 bits per heavy atom. The van der Waals surface area contributed by atoms with Crippen LogP contribution in [-0.2, 0) is 0 Å². The lowest BCUT2D eigenvalue weighted by molar-refractivity contribution is 0.0684. The minimum Gasteiger partial charge on any atom is -0.395 e. The van der Waals surface area contributed by atoms with Crippen molar-refractivity contribution >= 4 is 5.91 Å². The monoisotopic (exact) mass is 226 g/mol. The Morgan fingerprint density at radius 2 is 1.88 bits per heavy atom. The first-order chi connectivity index (χ1) is 7.69. The zero-order chi connectivity index (χ0) is 12.0. The fourth-order valence-corrected chi connectivity index (χ4v) is 1.28. The van der Waals surface area contributed by atoms with Gasteiger partial charge in [0, 0.05) is 25.4 Å². The molecule has 16 heavy (non-hydrogen) atoms. The molecule has 0 saturated heterocycles. The van der Waals surface area contributed by atoms with Gasteiger partial charge in [0.05, 0.1) is 18.8 Å². The maximum absolute atomic E-state index is 11.8. The molecule has 0 aromatic carbocycles. The minimum atomic E-state index is -0.334. The van der Waals surface area contributed by atoms with E-state index in [1.54, 1.807) is 0 Å². The van der Waals surface area contributed by atoms with Crippen LogP contribution in [-0.4, -0.2) is 52.3 Å². The summed E-state index contributed by atoms with van der Waals surface area (Å²) in [6, 6.07) is 2.66. The fraction of sp³-hybridized carbons (Fsp3) is 0.400. The summed E-state index contributed by atoms with van der Waals surface area (Å²) in [5, 5.41) is 17.5. The smallest absolute Gasteiger partial charge is 0.255 e. The first-order valence-corrected chi connectivity index (χ1v) is 4.88. The second-order valence-corrected chi connectivity index (χ2v) is 3.18. The van der Waals surface area contributed by atoms with E-state index in [2.05, 4.69) is 4.98 Å². The molecule has 0 spiro atoms. The molecule has 3 N–H and O–H groups in total. The van der Waals surface area contributed by atoms with Crippen molar-refractivity contribution in [3.63, 3.8) is 0 Å². The Balaban J connectivity index is 2.81. The molecule has 0 aliphatic rings. The van der Waals surface area contributed by atoms with Crippen LogP contribution >= 0.6 is 0 Å². The molecule has 1 rings (SSSR count). The topological polar surface area (TPSA) is 93.6 Å². The SMILES string of the molecule is O=C(c1ccc(=O)[nH]c1)N(CCO)CCO. The van der Waals surface area contributed by atoms with Gasteiger partial charge in [0.25, 0.3) is 5.91 Å². The predicted molar refractivity (Wildman–Crippen MR) is 57.1 cm³/mol. The zero-order valence-electron chi connectivity index (χ0n) is 8.72. The van der Waals surface area contributed by atoms with E-state index in [9.17, 15) is 9.59 Å². The Morgan fingerprint density at radius 3 is 2.31 bits per heavy atom. The molecule has 1 aromatic rings. The summed E-state index contributed by atoms with van der Waals surface area (Å²) in [5.74, 6) is -0.334. The molecule has 0 fully saturated rings. The van der Waals surface area contributed by atoms with Crippen molar-refractivity contribution in [2.45, 2.75) is 0 Å². The molecule has 1 amide bonds. The number of nitrogens with zero attached hydrogens (tertiary/aromatic N) is 1. The van der Waals surface area contributed by atoms with Gasteiger partial charge >= 0.3 is 0 Å². The number of carbonyl (C=O) groups excluding carboxylic acids is 1. The lowest BCUT2D eigenvalue weighted by atomic mass is 10.2. The average molecular weight is 226 g/mol. The number of rotatable bonds is 5. The lowest BCUT2D eigenvalue weighted by Gasteiger charge is -2.20. The van der Waals surface area contributed by atoms with Crippen LogP contribution in [0.1, 0.15) is 10.4 Å². The molecule has 0 saturated carbocycles. The van der Waals surface area contributed by atoms with E-state index in [4.69, 9.17) is 10.2 Å². The van der Waals surface area contributed by atoms with Gasteiger partial charge in [-0.2, -0.15) is 0 Å². The Kier molecular flexibility index (Phi) is 4.68. The highest BCUT2D eigenvalue weighted by Gasteiger charge is 2.14. The maximum atomic E-state index is 11.8. The van der Waals surface area contributed by atoms with E-state index >= 15 is 0 Å². The summed E-state index contributed by atoms with van der Waals surface area (Å²) < 4.78 is 0. The number of hydrogen-bond donors (Lipinski definition) is 3. The van der Waals surface area contributed by atoms with Crippen LogP contribution in [0.3, 0.4) is 0 Å². The molecule has 6 nitrogen and oxygen atoms in total. The molecule has 6 heteroatoms. The van der Waals surface area contributed by atoms with Crippen LogP contribution in [0.15, 0.2) is 23.1 Å². The molecular weight excluding hydrogens is 212 g/mol. The van der Waals surface area contributed by atoms with Crippen LogP contribution in [0.5, 0.6) is 0 Å². The van der Waals surface area contributed by atoms with Crippen molar-refractivity contribution < 1.29 is 15.0 Å². The van der Waals surface area contributed by atoms with Gasteiger partial charge in [0.1, 0.15) is 0 Å². The molecule has 0 aliphatic carbocycles. The Hall–Kier alpha value is -1.66. The number of aliphatic hydroxyl groups excluding tert-OH is 2. The largest absolute Gasteiger partial charge is 0.395 e. The van der Waals surface area contributed by atoms with Crippen molar-refractivity contribution in [2.24, 2.45) is 0 Å². The van der Waals surface area contributed by atoms with Crippen molar-refractivity contribution in [1.29, 1.82) is 0 Å². The van der Waals surface area contributed by atoms with Gasteiger partial charge in [-0.25, -0.2) is 0 Å². The van der Waals surface area contributed by atoms with Crippen molar-refractivity contribution in [3.05, 3.63) is 34.2 Å². The molecule has 1 aromatic heterocycles. The number of nitrogens with one attached hydrogen (secondary N) is 1. The summed E-state index contributed by atoms with van der Waals surface area (Å²) in [4.78, 5) is 26.3. The molecular formula is C10H14N2O4. The second-order valence-electron chi connectivity index (χ2n) is 3.18. The third-order valence-corrected chi connectivity index (χ3v) is 2.06. The van der Waals surface area contributed by atoms with E-state index < -0.39 is 0 Å². The highest BCUT2D eigenvalue weighted by molar-refractivity contribution is 5.93. The first-order valence-electron chi connectivity index (χ1n) is 4.88. The highest BCUT2D eigenvalue weighted by Crippen LogP contribution is 2.01. The van der Waals surface area contributed by atoms with Gasteiger partial charge in [0.15, 0.2) is 0 Å². The van der Waals surface area contributed by atoms with Gasteiger partial charge in [-0.3, -0.25) is 9.59 Å². The van der Waals surface area contributed by atoms with Gasteiger partial charge in [0.2, 0.25) is 5.56 Å². The van der Waals surface area contributed by atoms with Crippen molar-refractivity contribution in [2.75, 3.05) is 26.3 Å². The number of aliphatic hydroxyl groups is 2. The molecule has 88 valence electrons. The number of carbonyl (C=O) groups is 1. The zero-order valence-corrected chi connectivity index (χ0v) is 8.72. The number of aromatic nitrogens is 1. The normalized spacial score (nSPS) is 10.1. The molecule has 0 unspecified atom stereocenters. The number of H-pyrrole nitrogens is 1. The van der Waals surface area contributed by atoms with Gasteiger partial charge in [-0.1, -0.05) is 0 Å². The van der Waals surface area contributed by atoms with Gasteiger partial charge in [-0.05, 0) is 6.07 Å². The van der Waals surface area contributed by atoms with Crippen molar-refractivity contribution in [3.8, 4) is 0 Å². The lowest BCUT2D eigenvalue weighted by Crippen LogP contribution is -2.36. The summed E-state index contributed by atoms with van der Waals surface area (Å²) in [7, 11) is 0. The van der Waals surface area contributed by atoms with Gasteiger partial charge < -0.3 is 20.1 Å². The number of pyridine rings is 1. The Labute approximate surface area is 92.1 Å². The van der Waals surface area contributed by atoms with E-state index in [1.165, 1.54) is 23.2 Å². The summed E-state index contributed by atoms with van der Waals surface area (Å²) in [6.45, 7) is -0.0405. The van der Waals surface area contributed by atoms with Crippen LogP contribution in [0.25, 0.3) is 0 Å². The van der Waals surface area contributed by atoms with E-state index in [-0.39, 0.29) is 37.8 Å². The van der Waals surface area contributed by atoms with Crippen LogP contribution < -0.4 is 5.56 Å². The van der Waals surface area contributed by atoms with Crippen LogP contribution in [0, 0.1) is 0 Å². The quantitative estimate of drug-likeness (QED) is 0.588. The Bertz CT molecular complexity index is 376. The minimum absolute atomic E-state index is 0.151. The first kappa shape index (κ1) is 12.4. The number of hydrogen-bond acceptors (Lipinski definition) is 4. The third kappa shape index (κ3) is 3.18. The van der Waals surface area contributed by atoms with E-state index in [0.29, 0.717) is 5.56 Å². The fourth-order valence-electron chi connectivity index (χ4n) is 1.28. The molecule has 0 radical (unpaired) electrons. The van der Waals surface area contributed by atoms with E-state index in [1.807, 2.05) is 0 Å². The van der Waals surface area contributed by atoms with Crippen LogP contribution in [0.4, 0.5) is 0 Å². The van der Waals surface area contributed by atoms with Crippen LogP contribution in [0.2, 0.25) is 0 Å². The predicted octanol–water partition coefficient (Wildman–Crippen LogP) is -1.20. The standard InChI is InChI=1S/C10H14N2O4/c13-5-3-12(4-6-14)10(16)8-1-2-9(15)11-7-8/h1-2,7,13-14H,3-6H2,(H,11,15). The number of aromatic amines is 1. The van der Waals surface area contributed by atoms with Crippen molar-refractivity contribution in [1.82, 2.24) is 9.88 Å². The number of amides is 1. The molecule has 0 aliphatic heterocycles. The summed E-state index contributed by atoms with van der Waals surface area (Å²) >= 11 is 0. The maximum Gasteiger partial charge on any atom is 0.255 e. The van der Waals surface area contributed by atoms with E-state index in [0.717, 1.165) is 0 Å². The molecule has 0 atom stereocenters.